The third-order valence-corrected chi connectivity index (χ3v) is 2.98. The van der Waals surface area contributed by atoms with Gasteiger partial charge in [0.15, 0.2) is 0 Å². The number of hydrogen-bond donors (Lipinski definition) is 2. The summed E-state index contributed by atoms with van der Waals surface area (Å²) in [4.78, 5) is 12.2. The number of rotatable bonds is 3. The van der Waals surface area contributed by atoms with Crippen molar-refractivity contribution in [3.63, 3.8) is 0 Å². The Kier molecular flexibility index (Phi) is 2.75. The summed E-state index contributed by atoms with van der Waals surface area (Å²) in [7, 11) is 0. The number of aromatic amines is 1. The largest absolute Gasteiger partial charge is 0.346 e. The summed E-state index contributed by atoms with van der Waals surface area (Å²) in [5.74, 6) is -0.140. The van der Waals surface area contributed by atoms with Crippen LogP contribution in [0, 0.1) is 6.92 Å². The lowest BCUT2D eigenvalue weighted by molar-refractivity contribution is 0.0952. The van der Waals surface area contributed by atoms with Crippen LogP contribution in [-0.2, 0) is 6.54 Å². The lowest BCUT2D eigenvalue weighted by atomic mass is 10.1. The number of hydrogen-bond acceptors (Lipinski definition) is 3. The predicted molar refractivity (Wildman–Crippen MR) is 69.7 cm³/mol. The van der Waals surface area contributed by atoms with Gasteiger partial charge in [0.2, 0.25) is 0 Å². The summed E-state index contributed by atoms with van der Waals surface area (Å²) < 4.78 is 1.71. The average molecular weight is 255 g/mol. The molecule has 19 heavy (non-hydrogen) atoms. The maximum Gasteiger partial charge on any atom is 0.255 e. The normalized spacial score (nSPS) is 10.8. The molecule has 0 saturated heterocycles. The van der Waals surface area contributed by atoms with E-state index in [-0.39, 0.29) is 5.91 Å². The molecule has 6 heteroatoms. The molecule has 0 aliphatic heterocycles. The molecule has 0 saturated carbocycles. The van der Waals surface area contributed by atoms with Crippen LogP contribution in [-0.4, -0.2) is 25.7 Å². The van der Waals surface area contributed by atoms with Gasteiger partial charge >= 0.3 is 0 Å². The second-order valence-electron chi connectivity index (χ2n) is 4.31. The molecule has 3 aromatic rings. The maximum atomic E-state index is 12.2. The molecular weight excluding hydrogens is 242 g/mol. The molecule has 6 nitrogen and oxygen atoms in total. The van der Waals surface area contributed by atoms with Gasteiger partial charge in [-0.15, -0.1) is 0 Å². The summed E-state index contributed by atoms with van der Waals surface area (Å²) in [6.07, 6.45) is 5.07. The van der Waals surface area contributed by atoms with Crippen LogP contribution in [0.3, 0.4) is 0 Å². The lowest BCUT2D eigenvalue weighted by Gasteiger charge is -2.03. The molecular formula is C13H13N5O. The molecule has 3 aromatic heterocycles. The summed E-state index contributed by atoms with van der Waals surface area (Å²) in [5, 5.41) is 13.7. The Labute approximate surface area is 109 Å². The number of aromatic nitrogens is 4. The van der Waals surface area contributed by atoms with Crippen molar-refractivity contribution in [2.75, 3.05) is 0 Å². The van der Waals surface area contributed by atoms with Crippen molar-refractivity contribution in [1.29, 1.82) is 0 Å². The highest BCUT2D eigenvalue weighted by atomic mass is 16.1. The van der Waals surface area contributed by atoms with Crippen LogP contribution in [0.4, 0.5) is 0 Å². The van der Waals surface area contributed by atoms with Gasteiger partial charge in [-0.05, 0) is 24.6 Å². The Bertz CT molecular complexity index is 714. The van der Waals surface area contributed by atoms with E-state index in [0.717, 1.165) is 16.8 Å². The lowest BCUT2D eigenvalue weighted by Crippen LogP contribution is -2.23. The molecule has 0 spiro atoms. The summed E-state index contributed by atoms with van der Waals surface area (Å²) in [6, 6.07) is 5.69. The second kappa shape index (κ2) is 4.56. The van der Waals surface area contributed by atoms with Gasteiger partial charge in [-0.25, -0.2) is 4.52 Å². The van der Waals surface area contributed by atoms with Gasteiger partial charge in [-0.1, -0.05) is 6.07 Å². The Balaban J connectivity index is 1.85. The fourth-order valence-corrected chi connectivity index (χ4v) is 2.04. The number of nitrogens with zero attached hydrogens (tertiary/aromatic N) is 3. The first-order valence-corrected chi connectivity index (χ1v) is 5.95. The fraction of sp³-hybridized carbons (Fsp3) is 0.154. The van der Waals surface area contributed by atoms with Crippen LogP contribution in [0.5, 0.6) is 0 Å². The molecule has 0 aliphatic rings. The van der Waals surface area contributed by atoms with Crippen LogP contribution < -0.4 is 5.32 Å². The van der Waals surface area contributed by atoms with Crippen LogP contribution in [0.25, 0.3) is 5.52 Å². The van der Waals surface area contributed by atoms with E-state index in [2.05, 4.69) is 20.6 Å². The third-order valence-electron chi connectivity index (χ3n) is 2.98. The molecule has 0 aromatic carbocycles. The molecule has 3 rings (SSSR count). The summed E-state index contributed by atoms with van der Waals surface area (Å²) in [5.41, 5.74) is 3.30. The fourth-order valence-electron chi connectivity index (χ4n) is 2.04. The zero-order valence-corrected chi connectivity index (χ0v) is 10.4. The first kappa shape index (κ1) is 11.5. The highest BCUT2D eigenvalue weighted by molar-refractivity contribution is 6.01. The van der Waals surface area contributed by atoms with E-state index in [1.807, 2.05) is 31.3 Å². The number of nitrogens with one attached hydrogen (secondary N) is 2. The minimum absolute atomic E-state index is 0.140. The number of pyridine rings is 1. The highest BCUT2D eigenvalue weighted by Crippen LogP contribution is 2.14. The number of aryl methyl sites for hydroxylation is 1. The minimum atomic E-state index is -0.140. The Morgan fingerprint density at radius 3 is 3.16 bits per heavy atom. The molecule has 0 atom stereocenters. The summed E-state index contributed by atoms with van der Waals surface area (Å²) >= 11 is 0. The van der Waals surface area contributed by atoms with Gasteiger partial charge in [0.05, 0.1) is 29.5 Å². The van der Waals surface area contributed by atoms with Crippen molar-refractivity contribution in [1.82, 2.24) is 25.1 Å². The van der Waals surface area contributed by atoms with Gasteiger partial charge in [-0.2, -0.15) is 10.2 Å². The molecule has 3 heterocycles. The van der Waals surface area contributed by atoms with Crippen LogP contribution in [0.1, 0.15) is 21.6 Å². The van der Waals surface area contributed by atoms with E-state index >= 15 is 0 Å². The van der Waals surface area contributed by atoms with E-state index in [0.29, 0.717) is 12.1 Å². The van der Waals surface area contributed by atoms with E-state index in [9.17, 15) is 4.79 Å². The van der Waals surface area contributed by atoms with Crippen molar-refractivity contribution < 1.29 is 4.79 Å². The number of amides is 1. The quantitative estimate of drug-likeness (QED) is 0.740. The molecule has 0 unspecified atom stereocenters. The molecule has 2 N–H and O–H groups in total. The van der Waals surface area contributed by atoms with Gasteiger partial charge in [0.1, 0.15) is 0 Å². The molecule has 96 valence electrons. The number of carbonyl (C=O) groups is 1. The van der Waals surface area contributed by atoms with Crippen molar-refractivity contribution in [3.05, 3.63) is 53.6 Å². The van der Waals surface area contributed by atoms with Gasteiger partial charge in [-0.3, -0.25) is 9.89 Å². The SMILES string of the molecule is Cc1cccn2ncc(C(=O)NCc3ccn[nH]3)c12. The van der Waals surface area contributed by atoms with Gasteiger partial charge in [0, 0.05) is 12.4 Å². The van der Waals surface area contributed by atoms with Crippen LogP contribution >= 0.6 is 0 Å². The predicted octanol–water partition coefficient (Wildman–Crippen LogP) is 1.30. The zero-order chi connectivity index (χ0) is 13.2. The van der Waals surface area contributed by atoms with Crippen molar-refractivity contribution in [2.24, 2.45) is 0 Å². The monoisotopic (exact) mass is 255 g/mol. The molecule has 0 bridgehead atoms. The van der Waals surface area contributed by atoms with Crippen molar-refractivity contribution >= 4 is 11.4 Å². The Hall–Kier alpha value is -2.63. The van der Waals surface area contributed by atoms with Gasteiger partial charge in [0.25, 0.3) is 5.91 Å². The van der Waals surface area contributed by atoms with E-state index in [1.54, 1.807) is 16.9 Å². The van der Waals surface area contributed by atoms with Gasteiger partial charge < -0.3 is 5.32 Å². The van der Waals surface area contributed by atoms with E-state index < -0.39 is 0 Å². The van der Waals surface area contributed by atoms with E-state index in [1.165, 1.54) is 0 Å². The van der Waals surface area contributed by atoms with Crippen molar-refractivity contribution in [2.45, 2.75) is 13.5 Å². The molecule has 0 radical (unpaired) electrons. The Morgan fingerprint density at radius 1 is 1.47 bits per heavy atom. The molecule has 0 aliphatic carbocycles. The number of carbonyl (C=O) groups excluding carboxylic acids is 1. The number of H-pyrrole nitrogens is 1. The van der Waals surface area contributed by atoms with E-state index in [4.69, 9.17) is 0 Å². The first-order valence-electron chi connectivity index (χ1n) is 5.95. The van der Waals surface area contributed by atoms with Crippen LogP contribution in [0.15, 0.2) is 36.8 Å². The molecule has 0 fully saturated rings. The topological polar surface area (TPSA) is 75.1 Å². The number of fused-ring (bicyclic) bond motifs is 1. The highest BCUT2D eigenvalue weighted by Gasteiger charge is 2.13. The standard InChI is InChI=1S/C13H13N5O/c1-9-3-2-6-18-12(9)11(8-16-18)13(19)14-7-10-4-5-15-17-10/h2-6,8H,7H2,1H3,(H,14,19)(H,15,17). The second-order valence-corrected chi connectivity index (χ2v) is 4.31. The van der Waals surface area contributed by atoms with Crippen LogP contribution in [0.2, 0.25) is 0 Å². The smallest absolute Gasteiger partial charge is 0.255 e. The minimum Gasteiger partial charge on any atom is -0.346 e. The average Bonchev–Trinajstić information content (AvgIpc) is 3.05. The Morgan fingerprint density at radius 2 is 2.37 bits per heavy atom. The summed E-state index contributed by atoms with van der Waals surface area (Å²) in [6.45, 7) is 2.38. The third kappa shape index (κ3) is 2.08. The first-order chi connectivity index (χ1) is 9.25. The van der Waals surface area contributed by atoms with Crippen molar-refractivity contribution in [3.8, 4) is 0 Å². The maximum absolute atomic E-state index is 12.2. The zero-order valence-electron chi connectivity index (χ0n) is 10.4. The molecule has 1 amide bonds.